The van der Waals surface area contributed by atoms with Gasteiger partial charge in [0, 0.05) is 19.3 Å². The predicted molar refractivity (Wildman–Crippen MR) is 270 cm³/mol. The first-order valence-corrected chi connectivity index (χ1v) is 28.1. The normalized spacial score (nSPS) is 12.1. The van der Waals surface area contributed by atoms with Crippen LogP contribution in [0.4, 0.5) is 0 Å². The quantitative estimate of drug-likeness (QED) is 0.0344. The van der Waals surface area contributed by atoms with Crippen LogP contribution >= 0.6 is 0 Å². The number of hydrogen-bond acceptors (Lipinski definition) is 6. The zero-order valence-corrected chi connectivity index (χ0v) is 43.4. The number of rotatable bonds is 50. The summed E-state index contributed by atoms with van der Waals surface area (Å²) < 4.78 is 16.9. The predicted octanol–water partition coefficient (Wildman–Crippen LogP) is 18.3. The lowest BCUT2D eigenvalue weighted by Gasteiger charge is -2.18. The Morgan fingerprint density at radius 3 is 0.683 bits per heavy atom. The minimum Gasteiger partial charge on any atom is -0.462 e. The Kier molecular flexibility index (Phi) is 47.1. The molecular formula is C57H110O6. The highest BCUT2D eigenvalue weighted by molar-refractivity contribution is 5.71. The summed E-state index contributed by atoms with van der Waals surface area (Å²) in [6.45, 7) is 13.7. The molecule has 0 aliphatic carbocycles. The summed E-state index contributed by atoms with van der Waals surface area (Å²) in [5.74, 6) is 1.64. The highest BCUT2D eigenvalue weighted by Gasteiger charge is 2.19. The Balaban J connectivity index is 4.27. The molecule has 0 N–H and O–H groups in total. The van der Waals surface area contributed by atoms with Crippen LogP contribution in [0.5, 0.6) is 0 Å². The second-order valence-corrected chi connectivity index (χ2v) is 21.0. The lowest BCUT2D eigenvalue weighted by molar-refractivity contribution is -0.167. The Labute approximate surface area is 393 Å². The van der Waals surface area contributed by atoms with Gasteiger partial charge in [-0.05, 0) is 37.0 Å². The molecule has 0 amide bonds. The van der Waals surface area contributed by atoms with Gasteiger partial charge in [-0.3, -0.25) is 14.4 Å². The zero-order chi connectivity index (χ0) is 46.3. The van der Waals surface area contributed by atoms with E-state index < -0.39 is 6.10 Å². The van der Waals surface area contributed by atoms with Gasteiger partial charge >= 0.3 is 17.9 Å². The van der Waals surface area contributed by atoms with Crippen LogP contribution in [-0.4, -0.2) is 37.2 Å². The fourth-order valence-corrected chi connectivity index (χ4v) is 8.65. The Bertz CT molecular complexity index is 976. The number of carbonyl (C=O) groups is 3. The number of hydrogen-bond donors (Lipinski definition) is 0. The van der Waals surface area contributed by atoms with Gasteiger partial charge in [-0.15, -0.1) is 0 Å². The molecule has 0 bridgehead atoms. The first-order chi connectivity index (χ1) is 30.6. The molecule has 0 heterocycles. The zero-order valence-electron chi connectivity index (χ0n) is 43.4. The van der Waals surface area contributed by atoms with Gasteiger partial charge in [0.1, 0.15) is 13.2 Å². The first-order valence-electron chi connectivity index (χ1n) is 28.1. The SMILES string of the molecule is CC(C)CCCCCCCCCCCCCCCCCC(=O)OC[C@H](COC(=O)CCCCCCCCCCCCCCC(C)C)OC(=O)CCCCCCCCCCCC(C)C. The topological polar surface area (TPSA) is 78.9 Å². The minimum atomic E-state index is -0.763. The maximum atomic E-state index is 12.8. The second kappa shape index (κ2) is 48.3. The molecular weight excluding hydrogens is 781 g/mol. The molecule has 0 aromatic rings. The molecule has 1 atom stereocenters. The van der Waals surface area contributed by atoms with E-state index in [1.807, 2.05) is 0 Å². The maximum absolute atomic E-state index is 12.8. The Hall–Kier alpha value is -1.59. The van der Waals surface area contributed by atoms with Crippen LogP contribution < -0.4 is 0 Å². The number of esters is 3. The maximum Gasteiger partial charge on any atom is 0.306 e. The van der Waals surface area contributed by atoms with Crippen molar-refractivity contribution in [3.8, 4) is 0 Å². The Morgan fingerprint density at radius 2 is 0.460 bits per heavy atom. The molecule has 0 saturated heterocycles. The van der Waals surface area contributed by atoms with Crippen molar-refractivity contribution in [2.75, 3.05) is 13.2 Å². The third kappa shape index (κ3) is 51.3. The largest absolute Gasteiger partial charge is 0.462 e. The van der Waals surface area contributed by atoms with Crippen LogP contribution in [-0.2, 0) is 28.6 Å². The van der Waals surface area contributed by atoms with Gasteiger partial charge in [0.05, 0.1) is 0 Å². The van der Waals surface area contributed by atoms with E-state index in [1.165, 1.54) is 193 Å². The standard InChI is InChI=1S/C57H110O6/c1-51(2)43-37-31-25-19-14-10-8-7-9-11-16-22-28-34-40-46-55(58)61-49-54(63-57(60)48-42-36-30-24-18-21-27-33-39-45-53(5)6)50-62-56(59)47-41-35-29-23-17-13-12-15-20-26-32-38-44-52(3)4/h51-54H,7-50H2,1-6H3/t54-/m1/s1. The summed E-state index contributed by atoms with van der Waals surface area (Å²) in [5.41, 5.74) is 0. The highest BCUT2D eigenvalue weighted by atomic mass is 16.6. The number of ether oxygens (including phenoxy) is 3. The molecule has 0 aromatic heterocycles. The van der Waals surface area contributed by atoms with Crippen molar-refractivity contribution in [2.24, 2.45) is 17.8 Å². The highest BCUT2D eigenvalue weighted by Crippen LogP contribution is 2.18. The van der Waals surface area contributed by atoms with Gasteiger partial charge < -0.3 is 14.2 Å². The first kappa shape index (κ1) is 61.4. The van der Waals surface area contributed by atoms with E-state index in [4.69, 9.17) is 14.2 Å². The van der Waals surface area contributed by atoms with Crippen LogP contribution in [0.1, 0.15) is 311 Å². The lowest BCUT2D eigenvalue weighted by Crippen LogP contribution is -2.30. The molecule has 0 fully saturated rings. The summed E-state index contributed by atoms with van der Waals surface area (Å²) in [6, 6.07) is 0. The van der Waals surface area contributed by atoms with Crippen molar-refractivity contribution < 1.29 is 28.6 Å². The summed E-state index contributed by atoms with van der Waals surface area (Å²) in [7, 11) is 0. The van der Waals surface area contributed by atoms with E-state index in [-0.39, 0.29) is 31.1 Å². The van der Waals surface area contributed by atoms with Crippen LogP contribution in [0.15, 0.2) is 0 Å². The average Bonchev–Trinajstić information content (AvgIpc) is 3.24. The number of unbranched alkanes of at least 4 members (excludes halogenated alkanes) is 33. The lowest BCUT2D eigenvalue weighted by atomic mass is 10.0. The van der Waals surface area contributed by atoms with Crippen molar-refractivity contribution in [2.45, 2.75) is 317 Å². The molecule has 0 unspecified atom stereocenters. The molecule has 0 spiro atoms. The molecule has 0 aliphatic rings. The smallest absolute Gasteiger partial charge is 0.306 e. The summed E-state index contributed by atoms with van der Waals surface area (Å²) in [4.78, 5) is 38.1. The van der Waals surface area contributed by atoms with Gasteiger partial charge in [0.25, 0.3) is 0 Å². The molecule has 63 heavy (non-hydrogen) atoms. The van der Waals surface area contributed by atoms with E-state index >= 15 is 0 Å². The third-order valence-electron chi connectivity index (χ3n) is 12.9. The summed E-state index contributed by atoms with van der Waals surface area (Å²) in [5, 5.41) is 0. The summed E-state index contributed by atoms with van der Waals surface area (Å²) in [6.07, 6.45) is 49.5. The van der Waals surface area contributed by atoms with Crippen molar-refractivity contribution in [3.05, 3.63) is 0 Å². The van der Waals surface area contributed by atoms with Crippen LogP contribution in [0.2, 0.25) is 0 Å². The molecule has 374 valence electrons. The van der Waals surface area contributed by atoms with Crippen LogP contribution in [0, 0.1) is 17.8 Å². The molecule has 6 nitrogen and oxygen atoms in total. The molecule has 0 radical (unpaired) electrons. The van der Waals surface area contributed by atoms with Gasteiger partial charge in [0.2, 0.25) is 0 Å². The van der Waals surface area contributed by atoms with Crippen LogP contribution in [0.25, 0.3) is 0 Å². The van der Waals surface area contributed by atoms with Crippen molar-refractivity contribution in [1.29, 1.82) is 0 Å². The number of carbonyl (C=O) groups excluding carboxylic acids is 3. The van der Waals surface area contributed by atoms with Gasteiger partial charge in [0.15, 0.2) is 6.10 Å². The van der Waals surface area contributed by atoms with E-state index in [9.17, 15) is 14.4 Å². The van der Waals surface area contributed by atoms with Crippen molar-refractivity contribution >= 4 is 17.9 Å². The van der Waals surface area contributed by atoms with E-state index in [2.05, 4.69) is 41.5 Å². The molecule has 0 rings (SSSR count). The van der Waals surface area contributed by atoms with Gasteiger partial charge in [-0.25, -0.2) is 0 Å². The van der Waals surface area contributed by atoms with Gasteiger partial charge in [-0.2, -0.15) is 0 Å². The minimum absolute atomic E-state index is 0.0640. The van der Waals surface area contributed by atoms with E-state index in [0.29, 0.717) is 19.3 Å². The van der Waals surface area contributed by atoms with E-state index in [1.54, 1.807) is 0 Å². The van der Waals surface area contributed by atoms with Crippen LogP contribution in [0.3, 0.4) is 0 Å². The molecule has 6 heteroatoms. The fraction of sp³-hybridized carbons (Fsp3) is 0.947. The Morgan fingerprint density at radius 1 is 0.270 bits per heavy atom. The average molecular weight is 892 g/mol. The van der Waals surface area contributed by atoms with Crippen molar-refractivity contribution in [3.63, 3.8) is 0 Å². The molecule has 0 saturated carbocycles. The van der Waals surface area contributed by atoms with Gasteiger partial charge in [-0.1, -0.05) is 273 Å². The third-order valence-corrected chi connectivity index (χ3v) is 12.9. The van der Waals surface area contributed by atoms with Crippen molar-refractivity contribution in [1.82, 2.24) is 0 Å². The molecule has 0 aliphatic heterocycles. The second-order valence-electron chi connectivity index (χ2n) is 21.0. The monoisotopic (exact) mass is 891 g/mol. The fourth-order valence-electron chi connectivity index (χ4n) is 8.65. The van der Waals surface area contributed by atoms with E-state index in [0.717, 1.165) is 75.5 Å². The molecule has 0 aromatic carbocycles. The summed E-state index contributed by atoms with van der Waals surface area (Å²) >= 11 is 0.